The van der Waals surface area contributed by atoms with Crippen LogP contribution in [0, 0.1) is 0 Å². The second kappa shape index (κ2) is 5.16. The fourth-order valence-electron chi connectivity index (χ4n) is 2.20. The molecule has 0 atom stereocenters. The highest BCUT2D eigenvalue weighted by Gasteiger charge is 2.20. The summed E-state index contributed by atoms with van der Waals surface area (Å²) in [5.41, 5.74) is 5.88. The molecule has 0 heterocycles. The number of benzene rings is 1. The standard InChI is InChI=1S/C13H17NO4/c1-17-11-7-10(14)9(13(15)16)6-12(11)18-8-4-2-3-5-8/h6-8H,2-5,14H2,1H3,(H,15,16). The van der Waals surface area contributed by atoms with Crippen LogP contribution in [0.15, 0.2) is 12.1 Å². The summed E-state index contributed by atoms with van der Waals surface area (Å²) in [5.74, 6) is -0.133. The lowest BCUT2D eigenvalue weighted by molar-refractivity contribution is 0.0697. The van der Waals surface area contributed by atoms with Crippen LogP contribution in [-0.2, 0) is 0 Å². The number of carboxylic acid groups (broad SMARTS) is 1. The first-order chi connectivity index (χ1) is 8.61. The maximum absolute atomic E-state index is 11.0. The predicted molar refractivity (Wildman–Crippen MR) is 67.2 cm³/mol. The molecule has 0 radical (unpaired) electrons. The summed E-state index contributed by atoms with van der Waals surface area (Å²) >= 11 is 0. The first kappa shape index (κ1) is 12.5. The lowest BCUT2D eigenvalue weighted by atomic mass is 10.1. The van der Waals surface area contributed by atoms with Gasteiger partial charge in [0, 0.05) is 12.1 Å². The number of nitrogens with two attached hydrogens (primary N) is 1. The van der Waals surface area contributed by atoms with E-state index in [0.717, 1.165) is 25.7 Å². The van der Waals surface area contributed by atoms with Crippen LogP contribution in [0.2, 0.25) is 0 Å². The molecule has 5 nitrogen and oxygen atoms in total. The van der Waals surface area contributed by atoms with Crippen LogP contribution >= 0.6 is 0 Å². The predicted octanol–water partition coefficient (Wildman–Crippen LogP) is 2.30. The third-order valence-electron chi connectivity index (χ3n) is 3.16. The topological polar surface area (TPSA) is 81.8 Å². The molecular formula is C13H17NO4. The Balaban J connectivity index is 2.30. The summed E-state index contributed by atoms with van der Waals surface area (Å²) in [6, 6.07) is 2.93. The monoisotopic (exact) mass is 251 g/mol. The Morgan fingerprint density at radius 2 is 2.00 bits per heavy atom. The van der Waals surface area contributed by atoms with Crippen molar-refractivity contribution < 1.29 is 19.4 Å². The Bertz CT molecular complexity index is 453. The van der Waals surface area contributed by atoms with E-state index in [-0.39, 0.29) is 17.4 Å². The summed E-state index contributed by atoms with van der Waals surface area (Å²) in [5, 5.41) is 9.04. The molecule has 0 spiro atoms. The molecule has 0 amide bonds. The number of anilines is 1. The number of methoxy groups -OCH3 is 1. The highest BCUT2D eigenvalue weighted by molar-refractivity contribution is 5.94. The van der Waals surface area contributed by atoms with E-state index in [2.05, 4.69) is 0 Å². The summed E-state index contributed by atoms with van der Waals surface area (Å²) < 4.78 is 11.0. The van der Waals surface area contributed by atoms with E-state index in [1.54, 1.807) is 0 Å². The van der Waals surface area contributed by atoms with Gasteiger partial charge in [0.05, 0.1) is 24.5 Å². The van der Waals surface area contributed by atoms with Crippen LogP contribution in [0.5, 0.6) is 11.5 Å². The number of hydrogen-bond donors (Lipinski definition) is 2. The van der Waals surface area contributed by atoms with Crippen molar-refractivity contribution in [3.8, 4) is 11.5 Å². The van der Waals surface area contributed by atoms with E-state index in [1.807, 2.05) is 0 Å². The number of carboxylic acids is 1. The van der Waals surface area contributed by atoms with Crippen molar-refractivity contribution >= 4 is 11.7 Å². The third-order valence-corrected chi connectivity index (χ3v) is 3.16. The number of carbonyl (C=O) groups is 1. The SMILES string of the molecule is COc1cc(N)c(C(=O)O)cc1OC1CCCC1. The van der Waals surface area contributed by atoms with Crippen LogP contribution in [0.1, 0.15) is 36.0 Å². The maximum Gasteiger partial charge on any atom is 0.337 e. The molecule has 1 aliphatic carbocycles. The lowest BCUT2D eigenvalue weighted by Gasteiger charge is -2.17. The minimum atomic E-state index is -1.06. The van der Waals surface area contributed by atoms with Crippen LogP contribution < -0.4 is 15.2 Å². The number of ether oxygens (including phenoxy) is 2. The second-order valence-corrected chi connectivity index (χ2v) is 4.42. The van der Waals surface area contributed by atoms with E-state index >= 15 is 0 Å². The number of nitrogen functional groups attached to an aromatic ring is 1. The summed E-state index contributed by atoms with van der Waals surface area (Å²) in [7, 11) is 1.51. The molecule has 1 aromatic carbocycles. The molecule has 18 heavy (non-hydrogen) atoms. The van der Waals surface area contributed by atoms with Crippen LogP contribution in [0.25, 0.3) is 0 Å². The Hall–Kier alpha value is -1.91. The van der Waals surface area contributed by atoms with Crippen LogP contribution in [-0.4, -0.2) is 24.3 Å². The van der Waals surface area contributed by atoms with Crippen LogP contribution in [0.3, 0.4) is 0 Å². The third kappa shape index (κ3) is 2.50. The fourth-order valence-corrected chi connectivity index (χ4v) is 2.20. The Morgan fingerprint density at radius 3 is 2.56 bits per heavy atom. The van der Waals surface area contributed by atoms with Crippen molar-refractivity contribution in [1.82, 2.24) is 0 Å². The van der Waals surface area contributed by atoms with E-state index in [1.165, 1.54) is 19.2 Å². The summed E-state index contributed by atoms with van der Waals surface area (Å²) in [6.07, 6.45) is 4.43. The van der Waals surface area contributed by atoms with E-state index in [9.17, 15) is 4.79 Å². The molecule has 1 fully saturated rings. The summed E-state index contributed by atoms with van der Waals surface area (Å²) in [6.45, 7) is 0. The van der Waals surface area contributed by atoms with Crippen molar-refractivity contribution in [2.45, 2.75) is 31.8 Å². The number of aromatic carboxylic acids is 1. The Labute approximate surface area is 106 Å². The minimum Gasteiger partial charge on any atom is -0.493 e. The molecule has 0 saturated heterocycles. The highest BCUT2D eigenvalue weighted by Crippen LogP contribution is 2.35. The first-order valence-electron chi connectivity index (χ1n) is 5.99. The molecule has 0 aromatic heterocycles. The van der Waals surface area contributed by atoms with Gasteiger partial charge in [0.1, 0.15) is 0 Å². The van der Waals surface area contributed by atoms with Crippen LogP contribution in [0.4, 0.5) is 5.69 Å². The maximum atomic E-state index is 11.0. The van der Waals surface area contributed by atoms with E-state index in [4.69, 9.17) is 20.3 Å². The highest BCUT2D eigenvalue weighted by atomic mass is 16.5. The van der Waals surface area contributed by atoms with E-state index in [0.29, 0.717) is 11.5 Å². The smallest absolute Gasteiger partial charge is 0.337 e. The van der Waals surface area contributed by atoms with Crippen molar-refractivity contribution in [1.29, 1.82) is 0 Å². The zero-order valence-corrected chi connectivity index (χ0v) is 10.3. The lowest BCUT2D eigenvalue weighted by Crippen LogP contribution is -2.13. The van der Waals surface area contributed by atoms with Gasteiger partial charge in [-0.05, 0) is 25.7 Å². The zero-order valence-electron chi connectivity index (χ0n) is 10.3. The van der Waals surface area contributed by atoms with Crippen molar-refractivity contribution in [2.75, 3.05) is 12.8 Å². The van der Waals surface area contributed by atoms with Gasteiger partial charge in [-0.25, -0.2) is 4.79 Å². The van der Waals surface area contributed by atoms with Gasteiger partial charge in [0.25, 0.3) is 0 Å². The number of hydrogen-bond acceptors (Lipinski definition) is 4. The largest absolute Gasteiger partial charge is 0.493 e. The second-order valence-electron chi connectivity index (χ2n) is 4.42. The number of rotatable bonds is 4. The normalized spacial score (nSPS) is 15.6. The molecule has 1 aromatic rings. The molecule has 0 aliphatic heterocycles. The molecule has 5 heteroatoms. The zero-order chi connectivity index (χ0) is 13.1. The molecule has 3 N–H and O–H groups in total. The average molecular weight is 251 g/mol. The van der Waals surface area contributed by atoms with Gasteiger partial charge >= 0.3 is 5.97 Å². The molecule has 98 valence electrons. The quantitative estimate of drug-likeness (QED) is 0.802. The Morgan fingerprint density at radius 1 is 1.33 bits per heavy atom. The molecular weight excluding hydrogens is 234 g/mol. The first-order valence-corrected chi connectivity index (χ1v) is 5.99. The van der Waals surface area contributed by atoms with Gasteiger partial charge in [-0.1, -0.05) is 0 Å². The molecule has 1 aliphatic rings. The van der Waals surface area contributed by atoms with Crippen molar-refractivity contribution in [3.05, 3.63) is 17.7 Å². The van der Waals surface area contributed by atoms with Gasteiger partial charge in [-0.3, -0.25) is 0 Å². The van der Waals surface area contributed by atoms with Gasteiger partial charge in [0.2, 0.25) is 0 Å². The van der Waals surface area contributed by atoms with E-state index < -0.39 is 5.97 Å². The van der Waals surface area contributed by atoms with Gasteiger partial charge in [0.15, 0.2) is 11.5 Å². The van der Waals surface area contributed by atoms with Gasteiger partial charge < -0.3 is 20.3 Å². The fraction of sp³-hybridized carbons (Fsp3) is 0.462. The van der Waals surface area contributed by atoms with Gasteiger partial charge in [-0.2, -0.15) is 0 Å². The summed E-state index contributed by atoms with van der Waals surface area (Å²) in [4.78, 5) is 11.0. The average Bonchev–Trinajstić information content (AvgIpc) is 2.83. The molecule has 2 rings (SSSR count). The van der Waals surface area contributed by atoms with Gasteiger partial charge in [-0.15, -0.1) is 0 Å². The Kier molecular flexibility index (Phi) is 3.60. The minimum absolute atomic E-state index is 0.0452. The van der Waals surface area contributed by atoms with Crippen molar-refractivity contribution in [2.24, 2.45) is 0 Å². The van der Waals surface area contributed by atoms with Crippen molar-refractivity contribution in [3.63, 3.8) is 0 Å². The molecule has 0 unspecified atom stereocenters. The molecule has 0 bridgehead atoms. The molecule has 1 saturated carbocycles.